The predicted octanol–water partition coefficient (Wildman–Crippen LogP) is 5.64. The molecule has 0 aliphatic heterocycles. The number of hydrogen-bond donors (Lipinski definition) is 1. The van der Waals surface area contributed by atoms with Gasteiger partial charge in [-0.05, 0) is 35.9 Å². The van der Waals surface area contributed by atoms with Crippen molar-refractivity contribution in [3.05, 3.63) is 58.1 Å². The summed E-state index contributed by atoms with van der Waals surface area (Å²) < 4.78 is 0. The van der Waals surface area contributed by atoms with E-state index in [0.29, 0.717) is 6.04 Å². The molecule has 0 saturated carbocycles. The number of nitrogens with one attached hydrogen (secondary N) is 1. The third-order valence-corrected chi connectivity index (χ3v) is 4.47. The summed E-state index contributed by atoms with van der Waals surface area (Å²) in [4.78, 5) is 2.28. The van der Waals surface area contributed by atoms with Crippen LogP contribution in [-0.4, -0.2) is 6.04 Å². The van der Waals surface area contributed by atoms with Gasteiger partial charge in [-0.3, -0.25) is 0 Å². The Morgan fingerprint density at radius 1 is 1.10 bits per heavy atom. The third-order valence-electron chi connectivity index (χ3n) is 2.79. The zero-order chi connectivity index (χ0) is 14.5. The number of benzene rings is 2. The lowest BCUT2D eigenvalue weighted by Gasteiger charge is -2.14. The lowest BCUT2D eigenvalue weighted by molar-refractivity contribution is 0.585. The standard InChI is InChI=1S/C16H17Cl2NS/c1-11(2)19-10-14-15(18)7-4-8-16(14)20-13-6-3-5-12(17)9-13/h3-9,11,19H,10H2,1-2H3. The van der Waals surface area contributed by atoms with Crippen LogP contribution in [0.5, 0.6) is 0 Å². The lowest BCUT2D eigenvalue weighted by atomic mass is 10.2. The van der Waals surface area contributed by atoms with Gasteiger partial charge in [0, 0.05) is 32.4 Å². The average Bonchev–Trinajstić information content (AvgIpc) is 2.38. The first-order valence-corrected chi connectivity index (χ1v) is 8.07. The second kappa shape index (κ2) is 7.37. The van der Waals surface area contributed by atoms with E-state index in [1.54, 1.807) is 11.8 Å². The molecule has 0 aliphatic carbocycles. The Kier molecular flexibility index (Phi) is 5.79. The second-order valence-electron chi connectivity index (χ2n) is 4.81. The maximum atomic E-state index is 6.33. The fourth-order valence-electron chi connectivity index (χ4n) is 1.77. The average molecular weight is 326 g/mol. The number of halogens is 2. The molecule has 2 rings (SSSR count). The molecule has 0 atom stereocenters. The van der Waals surface area contributed by atoms with Crippen molar-refractivity contribution in [2.24, 2.45) is 0 Å². The van der Waals surface area contributed by atoms with Crippen LogP contribution in [0.1, 0.15) is 19.4 Å². The Morgan fingerprint density at radius 2 is 1.85 bits per heavy atom. The Balaban J connectivity index is 2.24. The van der Waals surface area contributed by atoms with Crippen LogP contribution in [0, 0.1) is 0 Å². The summed E-state index contributed by atoms with van der Waals surface area (Å²) in [5.74, 6) is 0. The highest BCUT2D eigenvalue weighted by molar-refractivity contribution is 7.99. The molecule has 1 N–H and O–H groups in total. The summed E-state index contributed by atoms with van der Waals surface area (Å²) in [6.45, 7) is 5.02. The van der Waals surface area contributed by atoms with Gasteiger partial charge in [0.15, 0.2) is 0 Å². The van der Waals surface area contributed by atoms with E-state index in [0.717, 1.165) is 31.9 Å². The maximum Gasteiger partial charge on any atom is 0.0462 e. The normalized spacial score (nSPS) is 11.1. The smallest absolute Gasteiger partial charge is 0.0462 e. The van der Waals surface area contributed by atoms with E-state index in [1.807, 2.05) is 30.3 Å². The Bertz CT molecular complexity index is 584. The van der Waals surface area contributed by atoms with E-state index >= 15 is 0 Å². The fraction of sp³-hybridized carbons (Fsp3) is 0.250. The van der Waals surface area contributed by atoms with Gasteiger partial charge in [-0.15, -0.1) is 0 Å². The minimum atomic E-state index is 0.426. The van der Waals surface area contributed by atoms with Crippen LogP contribution in [0.2, 0.25) is 10.0 Å². The molecular weight excluding hydrogens is 309 g/mol. The molecule has 0 spiro atoms. The Morgan fingerprint density at radius 3 is 2.55 bits per heavy atom. The predicted molar refractivity (Wildman–Crippen MR) is 89.0 cm³/mol. The van der Waals surface area contributed by atoms with Gasteiger partial charge < -0.3 is 5.32 Å². The van der Waals surface area contributed by atoms with Crippen LogP contribution in [0.15, 0.2) is 52.3 Å². The first kappa shape index (κ1) is 15.7. The first-order valence-electron chi connectivity index (χ1n) is 6.50. The van der Waals surface area contributed by atoms with E-state index in [1.165, 1.54) is 0 Å². The van der Waals surface area contributed by atoms with Crippen molar-refractivity contribution in [2.45, 2.75) is 36.2 Å². The van der Waals surface area contributed by atoms with E-state index in [2.05, 4.69) is 31.3 Å². The summed E-state index contributed by atoms with van der Waals surface area (Å²) in [5, 5.41) is 4.96. The molecule has 4 heteroatoms. The van der Waals surface area contributed by atoms with Crippen LogP contribution >= 0.6 is 35.0 Å². The molecule has 0 unspecified atom stereocenters. The molecule has 0 aliphatic rings. The van der Waals surface area contributed by atoms with Crippen LogP contribution in [0.25, 0.3) is 0 Å². The van der Waals surface area contributed by atoms with E-state index in [4.69, 9.17) is 23.2 Å². The highest BCUT2D eigenvalue weighted by Gasteiger charge is 2.09. The molecule has 106 valence electrons. The molecule has 0 amide bonds. The van der Waals surface area contributed by atoms with Crippen molar-refractivity contribution >= 4 is 35.0 Å². The van der Waals surface area contributed by atoms with Gasteiger partial charge in [0.05, 0.1) is 0 Å². The van der Waals surface area contributed by atoms with Crippen molar-refractivity contribution in [1.82, 2.24) is 5.32 Å². The molecule has 2 aromatic rings. The van der Waals surface area contributed by atoms with Gasteiger partial charge in [-0.25, -0.2) is 0 Å². The van der Waals surface area contributed by atoms with Gasteiger partial charge in [0.2, 0.25) is 0 Å². The van der Waals surface area contributed by atoms with E-state index in [9.17, 15) is 0 Å². The molecule has 0 saturated heterocycles. The highest BCUT2D eigenvalue weighted by atomic mass is 35.5. The van der Waals surface area contributed by atoms with Crippen molar-refractivity contribution in [2.75, 3.05) is 0 Å². The first-order chi connectivity index (χ1) is 9.56. The molecule has 0 aromatic heterocycles. The monoisotopic (exact) mass is 325 g/mol. The van der Waals surface area contributed by atoms with Crippen LogP contribution in [-0.2, 0) is 6.54 Å². The minimum absolute atomic E-state index is 0.426. The molecule has 0 radical (unpaired) electrons. The van der Waals surface area contributed by atoms with Crippen LogP contribution in [0.4, 0.5) is 0 Å². The minimum Gasteiger partial charge on any atom is -0.310 e. The van der Waals surface area contributed by atoms with Crippen LogP contribution < -0.4 is 5.32 Å². The summed E-state index contributed by atoms with van der Waals surface area (Å²) >= 11 is 14.0. The SMILES string of the molecule is CC(C)NCc1c(Cl)cccc1Sc1cccc(Cl)c1. The van der Waals surface area contributed by atoms with Gasteiger partial charge in [-0.1, -0.05) is 60.9 Å². The topological polar surface area (TPSA) is 12.0 Å². The van der Waals surface area contributed by atoms with Crippen molar-refractivity contribution in [3.8, 4) is 0 Å². The van der Waals surface area contributed by atoms with Gasteiger partial charge in [0.1, 0.15) is 0 Å². The zero-order valence-corrected chi connectivity index (χ0v) is 13.8. The molecule has 2 aromatic carbocycles. The molecular formula is C16H17Cl2NS. The molecule has 0 fully saturated rings. The molecule has 0 bridgehead atoms. The Labute approximate surface area is 134 Å². The maximum absolute atomic E-state index is 6.33. The second-order valence-corrected chi connectivity index (χ2v) is 6.77. The van der Waals surface area contributed by atoms with Crippen molar-refractivity contribution < 1.29 is 0 Å². The molecule has 20 heavy (non-hydrogen) atoms. The third kappa shape index (κ3) is 4.42. The summed E-state index contributed by atoms with van der Waals surface area (Å²) in [6, 6.07) is 14.3. The van der Waals surface area contributed by atoms with Crippen LogP contribution in [0.3, 0.4) is 0 Å². The summed E-state index contributed by atoms with van der Waals surface area (Å²) in [5.41, 5.74) is 1.13. The largest absolute Gasteiger partial charge is 0.310 e. The fourth-order valence-corrected chi connectivity index (χ4v) is 3.36. The zero-order valence-electron chi connectivity index (χ0n) is 11.5. The van der Waals surface area contributed by atoms with Gasteiger partial charge >= 0.3 is 0 Å². The summed E-state index contributed by atoms with van der Waals surface area (Å²) in [6.07, 6.45) is 0. The Hall–Kier alpha value is -0.670. The van der Waals surface area contributed by atoms with Crippen molar-refractivity contribution in [3.63, 3.8) is 0 Å². The van der Waals surface area contributed by atoms with Gasteiger partial charge in [0.25, 0.3) is 0 Å². The molecule has 0 heterocycles. The van der Waals surface area contributed by atoms with Gasteiger partial charge in [-0.2, -0.15) is 0 Å². The highest BCUT2D eigenvalue weighted by Crippen LogP contribution is 2.34. The molecule has 1 nitrogen and oxygen atoms in total. The lowest BCUT2D eigenvalue weighted by Crippen LogP contribution is -2.22. The number of rotatable bonds is 5. The summed E-state index contributed by atoms with van der Waals surface area (Å²) in [7, 11) is 0. The van der Waals surface area contributed by atoms with E-state index < -0.39 is 0 Å². The van der Waals surface area contributed by atoms with Crippen molar-refractivity contribution in [1.29, 1.82) is 0 Å². The number of hydrogen-bond acceptors (Lipinski definition) is 2. The quantitative estimate of drug-likeness (QED) is 0.763. The van der Waals surface area contributed by atoms with E-state index in [-0.39, 0.29) is 0 Å².